The number of guanidine groups is 1. The molecule has 19 heavy (non-hydrogen) atoms. The van der Waals surface area contributed by atoms with Crippen LogP contribution in [0.3, 0.4) is 0 Å². The van der Waals surface area contributed by atoms with Crippen LogP contribution in [-0.4, -0.2) is 17.9 Å². The van der Waals surface area contributed by atoms with Crippen molar-refractivity contribution in [3.63, 3.8) is 0 Å². The second-order valence-electron chi connectivity index (χ2n) is 4.29. The molecule has 2 aromatic carbocycles. The van der Waals surface area contributed by atoms with Crippen molar-refractivity contribution in [2.24, 2.45) is 10.7 Å². The second-order valence-corrected chi connectivity index (χ2v) is 4.29. The van der Waals surface area contributed by atoms with Crippen LogP contribution in [0.5, 0.6) is 0 Å². The first-order valence-electron chi connectivity index (χ1n) is 6.00. The monoisotopic (exact) mass is 257 g/mol. The summed E-state index contributed by atoms with van der Waals surface area (Å²) in [6, 6.07) is 15.9. The van der Waals surface area contributed by atoms with Gasteiger partial charge in [-0.25, -0.2) is 9.38 Å². The Balaban J connectivity index is 2.05. The molecular weight excluding hydrogens is 241 g/mol. The van der Waals surface area contributed by atoms with Crippen molar-refractivity contribution < 1.29 is 4.39 Å². The number of aliphatic imine (C=N–C) groups is 1. The molecule has 0 saturated carbocycles. The first kappa shape index (κ1) is 13.1. The third kappa shape index (κ3) is 3.81. The molecule has 2 rings (SSSR count). The normalized spacial score (nSPS) is 11.4. The van der Waals surface area contributed by atoms with Gasteiger partial charge in [-0.2, -0.15) is 0 Å². The van der Waals surface area contributed by atoms with Crippen molar-refractivity contribution in [3.8, 4) is 0 Å². The minimum atomic E-state index is -0.239. The number of nitrogens with two attached hydrogens (primary N) is 1. The minimum Gasteiger partial charge on any atom is -0.369 e. The number of benzene rings is 2. The lowest BCUT2D eigenvalue weighted by Gasteiger charge is -2.18. The zero-order valence-corrected chi connectivity index (χ0v) is 10.8. The summed E-state index contributed by atoms with van der Waals surface area (Å²) in [5, 5.41) is 0. The standard InChI is InChI=1S/C15H16FN3/c1-19(11-12-7-9-13(16)10-8-12)15(17)18-14-5-3-2-4-6-14/h2-10H,11H2,1H3,(H2,17,18). The van der Waals surface area contributed by atoms with E-state index in [9.17, 15) is 4.39 Å². The van der Waals surface area contributed by atoms with Crippen LogP contribution in [-0.2, 0) is 6.54 Å². The van der Waals surface area contributed by atoms with Gasteiger partial charge >= 0.3 is 0 Å². The molecular formula is C15H16FN3. The average molecular weight is 257 g/mol. The van der Waals surface area contributed by atoms with Crippen LogP contribution >= 0.6 is 0 Å². The molecule has 3 nitrogen and oxygen atoms in total. The van der Waals surface area contributed by atoms with Crippen LogP contribution in [0.2, 0.25) is 0 Å². The molecule has 0 aliphatic rings. The lowest BCUT2D eigenvalue weighted by atomic mass is 10.2. The largest absolute Gasteiger partial charge is 0.369 e. The predicted molar refractivity (Wildman–Crippen MR) is 75.6 cm³/mol. The Morgan fingerprint density at radius 3 is 2.37 bits per heavy atom. The van der Waals surface area contributed by atoms with Gasteiger partial charge in [-0.3, -0.25) is 0 Å². The maximum absolute atomic E-state index is 12.8. The molecule has 2 N–H and O–H groups in total. The van der Waals surface area contributed by atoms with Crippen molar-refractivity contribution in [2.45, 2.75) is 6.54 Å². The van der Waals surface area contributed by atoms with E-state index in [1.165, 1.54) is 12.1 Å². The smallest absolute Gasteiger partial charge is 0.196 e. The Kier molecular flexibility index (Phi) is 4.13. The summed E-state index contributed by atoms with van der Waals surface area (Å²) in [7, 11) is 1.85. The second kappa shape index (κ2) is 6.00. The van der Waals surface area contributed by atoms with Gasteiger partial charge in [0.1, 0.15) is 5.82 Å². The Hall–Kier alpha value is -2.36. The third-order valence-electron chi connectivity index (χ3n) is 2.72. The Morgan fingerprint density at radius 1 is 1.11 bits per heavy atom. The topological polar surface area (TPSA) is 41.6 Å². The van der Waals surface area contributed by atoms with Gasteiger partial charge in [-0.1, -0.05) is 30.3 Å². The van der Waals surface area contributed by atoms with E-state index in [0.29, 0.717) is 12.5 Å². The van der Waals surface area contributed by atoms with Gasteiger partial charge in [0.25, 0.3) is 0 Å². The summed E-state index contributed by atoms with van der Waals surface area (Å²) in [4.78, 5) is 6.14. The van der Waals surface area contributed by atoms with Crippen molar-refractivity contribution >= 4 is 11.6 Å². The van der Waals surface area contributed by atoms with Gasteiger partial charge in [-0.15, -0.1) is 0 Å². The van der Waals surface area contributed by atoms with Gasteiger partial charge in [0, 0.05) is 13.6 Å². The van der Waals surface area contributed by atoms with E-state index >= 15 is 0 Å². The van der Waals surface area contributed by atoms with Gasteiger partial charge in [-0.05, 0) is 29.8 Å². The van der Waals surface area contributed by atoms with E-state index in [-0.39, 0.29) is 5.82 Å². The summed E-state index contributed by atoms with van der Waals surface area (Å²) >= 11 is 0. The summed E-state index contributed by atoms with van der Waals surface area (Å²) < 4.78 is 12.8. The number of hydrogen-bond donors (Lipinski definition) is 1. The van der Waals surface area contributed by atoms with E-state index < -0.39 is 0 Å². The Labute approximate surface area is 112 Å². The summed E-state index contributed by atoms with van der Waals surface area (Å²) in [6.07, 6.45) is 0. The fraction of sp³-hybridized carbons (Fsp3) is 0.133. The quantitative estimate of drug-likeness (QED) is 0.678. The highest BCUT2D eigenvalue weighted by molar-refractivity contribution is 5.80. The van der Waals surface area contributed by atoms with Crippen LogP contribution in [0, 0.1) is 5.82 Å². The highest BCUT2D eigenvalue weighted by Crippen LogP contribution is 2.11. The maximum Gasteiger partial charge on any atom is 0.196 e. The highest BCUT2D eigenvalue weighted by Gasteiger charge is 2.03. The number of para-hydroxylation sites is 1. The van der Waals surface area contributed by atoms with Crippen LogP contribution < -0.4 is 5.73 Å². The molecule has 0 amide bonds. The number of halogens is 1. The molecule has 0 aliphatic carbocycles. The maximum atomic E-state index is 12.8. The fourth-order valence-corrected chi connectivity index (χ4v) is 1.66. The minimum absolute atomic E-state index is 0.239. The van der Waals surface area contributed by atoms with E-state index in [0.717, 1.165) is 11.3 Å². The first-order valence-corrected chi connectivity index (χ1v) is 6.00. The highest BCUT2D eigenvalue weighted by atomic mass is 19.1. The van der Waals surface area contributed by atoms with Crippen LogP contribution in [0.4, 0.5) is 10.1 Å². The van der Waals surface area contributed by atoms with Crippen LogP contribution in [0.15, 0.2) is 59.6 Å². The van der Waals surface area contributed by atoms with E-state index in [1.807, 2.05) is 42.3 Å². The van der Waals surface area contributed by atoms with Crippen molar-refractivity contribution in [1.29, 1.82) is 0 Å². The van der Waals surface area contributed by atoms with Crippen molar-refractivity contribution in [3.05, 3.63) is 66.0 Å². The molecule has 0 aromatic heterocycles. The van der Waals surface area contributed by atoms with Crippen molar-refractivity contribution in [2.75, 3.05) is 7.05 Å². The van der Waals surface area contributed by atoms with Gasteiger partial charge < -0.3 is 10.6 Å². The molecule has 0 spiro atoms. The zero-order valence-electron chi connectivity index (χ0n) is 10.8. The summed E-state index contributed by atoms with van der Waals surface area (Å²) in [5.41, 5.74) is 7.72. The van der Waals surface area contributed by atoms with Crippen molar-refractivity contribution in [1.82, 2.24) is 4.90 Å². The van der Waals surface area contributed by atoms with E-state index in [1.54, 1.807) is 12.1 Å². The van der Waals surface area contributed by atoms with Crippen LogP contribution in [0.25, 0.3) is 0 Å². The number of nitrogens with zero attached hydrogens (tertiary/aromatic N) is 2. The molecule has 2 aromatic rings. The molecule has 0 radical (unpaired) electrons. The molecule has 0 aliphatic heterocycles. The van der Waals surface area contributed by atoms with E-state index in [4.69, 9.17) is 5.73 Å². The molecule has 0 atom stereocenters. The summed E-state index contributed by atoms with van der Waals surface area (Å²) in [5.74, 6) is 0.188. The predicted octanol–water partition coefficient (Wildman–Crippen LogP) is 2.90. The number of hydrogen-bond acceptors (Lipinski definition) is 1. The van der Waals surface area contributed by atoms with Gasteiger partial charge in [0.2, 0.25) is 0 Å². The molecule has 0 heterocycles. The third-order valence-corrected chi connectivity index (χ3v) is 2.72. The Bertz CT molecular complexity index is 549. The Morgan fingerprint density at radius 2 is 1.74 bits per heavy atom. The SMILES string of the molecule is CN(Cc1ccc(F)cc1)C(N)=Nc1ccccc1. The molecule has 98 valence electrons. The lowest BCUT2D eigenvalue weighted by Crippen LogP contribution is -2.33. The molecule has 0 bridgehead atoms. The fourth-order valence-electron chi connectivity index (χ4n) is 1.66. The first-order chi connectivity index (χ1) is 9.15. The van der Waals surface area contributed by atoms with E-state index in [2.05, 4.69) is 4.99 Å². The van der Waals surface area contributed by atoms with Gasteiger partial charge in [0.05, 0.1) is 5.69 Å². The molecule has 4 heteroatoms. The molecule has 0 unspecified atom stereocenters. The zero-order chi connectivity index (χ0) is 13.7. The van der Waals surface area contributed by atoms with Crippen LogP contribution in [0.1, 0.15) is 5.56 Å². The molecule has 0 saturated heterocycles. The number of rotatable bonds is 3. The summed E-state index contributed by atoms with van der Waals surface area (Å²) in [6.45, 7) is 0.586. The lowest BCUT2D eigenvalue weighted by molar-refractivity contribution is 0.494. The average Bonchev–Trinajstić information content (AvgIpc) is 2.42. The molecule has 0 fully saturated rings. The van der Waals surface area contributed by atoms with Gasteiger partial charge in [0.15, 0.2) is 5.96 Å².